The average molecular weight is 295 g/mol. The largest absolute Gasteiger partial charge is 0.478 e. The van der Waals surface area contributed by atoms with Crippen LogP contribution in [0.25, 0.3) is 11.0 Å². The number of hydrogen-bond acceptors (Lipinski definition) is 4. The number of imidazole rings is 1. The molecule has 1 aliphatic heterocycles. The second-order valence-electron chi connectivity index (χ2n) is 4.69. The molecule has 0 spiro atoms. The van der Waals surface area contributed by atoms with Crippen LogP contribution in [0.3, 0.4) is 0 Å². The van der Waals surface area contributed by atoms with Gasteiger partial charge in [0.25, 0.3) is 0 Å². The lowest BCUT2D eigenvalue weighted by Gasteiger charge is -2.28. The van der Waals surface area contributed by atoms with Gasteiger partial charge in [0.05, 0.1) is 28.8 Å². The number of carbonyl (C=O) groups is 1. The van der Waals surface area contributed by atoms with Crippen LogP contribution in [0, 0.1) is 0 Å². The van der Waals surface area contributed by atoms with Crippen molar-refractivity contribution in [1.82, 2.24) is 9.97 Å². The quantitative estimate of drug-likeness (QED) is 0.866. The number of fused-ring (bicyclic) bond motifs is 1. The molecule has 1 aromatic heterocycles. The lowest BCUT2D eigenvalue weighted by molar-refractivity contribution is 0.0697. The number of nitrogens with zero attached hydrogens (tertiary/aromatic N) is 2. The summed E-state index contributed by atoms with van der Waals surface area (Å²) < 4.78 is 25.6. The van der Waals surface area contributed by atoms with Gasteiger partial charge in [0.2, 0.25) is 10.0 Å². The predicted molar refractivity (Wildman–Crippen MR) is 73.4 cm³/mol. The SMILES string of the molecule is O=C(O)c1cc(N2CCCCS2(=O)=O)c2nc[nH]c2c1. The van der Waals surface area contributed by atoms with Crippen LogP contribution >= 0.6 is 0 Å². The van der Waals surface area contributed by atoms with Crippen LogP contribution in [0.2, 0.25) is 0 Å². The van der Waals surface area contributed by atoms with Gasteiger partial charge in [0, 0.05) is 6.54 Å². The predicted octanol–water partition coefficient (Wildman–Crippen LogP) is 1.19. The first kappa shape index (κ1) is 12.9. The van der Waals surface area contributed by atoms with Crippen LogP contribution < -0.4 is 4.31 Å². The number of hydrogen-bond donors (Lipinski definition) is 2. The van der Waals surface area contributed by atoms with Gasteiger partial charge < -0.3 is 10.1 Å². The molecule has 2 aromatic rings. The molecule has 0 aliphatic carbocycles. The highest BCUT2D eigenvalue weighted by Crippen LogP contribution is 2.30. The van der Waals surface area contributed by atoms with E-state index < -0.39 is 16.0 Å². The number of H-pyrrole nitrogens is 1. The summed E-state index contributed by atoms with van der Waals surface area (Å²) in [6, 6.07) is 2.82. The Morgan fingerprint density at radius 2 is 2.15 bits per heavy atom. The van der Waals surface area contributed by atoms with E-state index in [1.165, 1.54) is 22.8 Å². The maximum atomic E-state index is 12.2. The molecule has 7 nitrogen and oxygen atoms in total. The van der Waals surface area contributed by atoms with Crippen molar-refractivity contribution in [1.29, 1.82) is 0 Å². The number of carboxylic acids is 1. The van der Waals surface area contributed by atoms with Crippen molar-refractivity contribution in [3.05, 3.63) is 24.0 Å². The summed E-state index contributed by atoms with van der Waals surface area (Å²) in [6.45, 7) is 0.355. The van der Waals surface area contributed by atoms with E-state index in [4.69, 9.17) is 5.11 Å². The summed E-state index contributed by atoms with van der Waals surface area (Å²) in [7, 11) is -3.40. The van der Waals surface area contributed by atoms with Crippen molar-refractivity contribution in [2.24, 2.45) is 0 Å². The van der Waals surface area contributed by atoms with E-state index in [-0.39, 0.29) is 11.3 Å². The molecule has 3 rings (SSSR count). The zero-order valence-corrected chi connectivity index (χ0v) is 11.4. The molecule has 106 valence electrons. The van der Waals surface area contributed by atoms with Gasteiger partial charge in [-0.05, 0) is 25.0 Å². The number of nitrogens with one attached hydrogen (secondary N) is 1. The minimum Gasteiger partial charge on any atom is -0.478 e. The van der Waals surface area contributed by atoms with Crippen LogP contribution in [-0.2, 0) is 10.0 Å². The van der Waals surface area contributed by atoms with E-state index in [0.717, 1.165) is 6.42 Å². The standard InChI is InChI=1S/C12H13N3O4S/c16-12(17)8-5-9-11(14-7-13-9)10(6-8)15-3-1-2-4-20(15,18)19/h5-7H,1-4H2,(H,13,14)(H,16,17). The average Bonchev–Trinajstić information content (AvgIpc) is 2.85. The van der Waals surface area contributed by atoms with Gasteiger partial charge in [-0.2, -0.15) is 0 Å². The highest BCUT2D eigenvalue weighted by atomic mass is 32.2. The van der Waals surface area contributed by atoms with Gasteiger partial charge in [-0.3, -0.25) is 4.31 Å². The number of anilines is 1. The van der Waals surface area contributed by atoms with E-state index in [0.29, 0.717) is 29.7 Å². The number of benzene rings is 1. The molecule has 2 N–H and O–H groups in total. The van der Waals surface area contributed by atoms with Crippen LogP contribution in [0.15, 0.2) is 18.5 Å². The second kappa shape index (κ2) is 4.48. The Balaban J connectivity index is 2.23. The fourth-order valence-electron chi connectivity index (χ4n) is 2.40. The second-order valence-corrected chi connectivity index (χ2v) is 6.71. The van der Waals surface area contributed by atoms with Gasteiger partial charge in [-0.15, -0.1) is 0 Å². The Morgan fingerprint density at radius 1 is 1.35 bits per heavy atom. The van der Waals surface area contributed by atoms with Gasteiger partial charge in [-0.25, -0.2) is 18.2 Å². The van der Waals surface area contributed by atoms with Crippen molar-refractivity contribution in [2.45, 2.75) is 12.8 Å². The summed E-state index contributed by atoms with van der Waals surface area (Å²) in [5, 5.41) is 9.13. The molecule has 20 heavy (non-hydrogen) atoms. The van der Waals surface area contributed by atoms with Crippen molar-refractivity contribution in [3.8, 4) is 0 Å². The zero-order valence-electron chi connectivity index (χ0n) is 10.5. The summed E-state index contributed by atoms with van der Waals surface area (Å²) >= 11 is 0. The molecule has 0 amide bonds. The van der Waals surface area contributed by atoms with Crippen molar-refractivity contribution in [2.75, 3.05) is 16.6 Å². The van der Waals surface area contributed by atoms with Crippen molar-refractivity contribution in [3.63, 3.8) is 0 Å². The summed E-state index contributed by atoms with van der Waals surface area (Å²) in [5.74, 6) is -1.02. The van der Waals surface area contributed by atoms with E-state index in [2.05, 4.69) is 9.97 Å². The van der Waals surface area contributed by atoms with Gasteiger partial charge in [0.1, 0.15) is 5.52 Å². The molecule has 1 aromatic carbocycles. The molecule has 1 aliphatic rings. The van der Waals surface area contributed by atoms with Crippen LogP contribution in [0.5, 0.6) is 0 Å². The maximum Gasteiger partial charge on any atom is 0.335 e. The van der Waals surface area contributed by atoms with Gasteiger partial charge in [-0.1, -0.05) is 0 Å². The third kappa shape index (κ3) is 2.01. The Bertz CT molecular complexity index is 781. The molecule has 1 fully saturated rings. The zero-order chi connectivity index (χ0) is 14.3. The van der Waals surface area contributed by atoms with Crippen molar-refractivity contribution >= 4 is 32.7 Å². The monoisotopic (exact) mass is 295 g/mol. The third-order valence-corrected chi connectivity index (χ3v) is 5.22. The first-order chi connectivity index (χ1) is 9.49. The summed E-state index contributed by atoms with van der Waals surface area (Å²) in [4.78, 5) is 18.1. The number of sulfonamides is 1. The molecule has 8 heteroatoms. The lowest BCUT2D eigenvalue weighted by atomic mass is 10.1. The summed E-state index contributed by atoms with van der Waals surface area (Å²) in [5.41, 5.74) is 1.36. The third-order valence-electron chi connectivity index (χ3n) is 3.37. The molecule has 0 radical (unpaired) electrons. The van der Waals surface area contributed by atoms with Crippen LogP contribution in [0.4, 0.5) is 5.69 Å². The highest BCUT2D eigenvalue weighted by molar-refractivity contribution is 7.92. The highest BCUT2D eigenvalue weighted by Gasteiger charge is 2.28. The Labute approximate surface area is 115 Å². The number of aromatic carboxylic acids is 1. The smallest absolute Gasteiger partial charge is 0.335 e. The molecule has 2 heterocycles. The Hall–Kier alpha value is -2.09. The van der Waals surface area contributed by atoms with Crippen molar-refractivity contribution < 1.29 is 18.3 Å². The van der Waals surface area contributed by atoms with Gasteiger partial charge in [0.15, 0.2) is 0 Å². The van der Waals surface area contributed by atoms with E-state index in [9.17, 15) is 13.2 Å². The molecular formula is C12H13N3O4S. The minimum absolute atomic E-state index is 0.0394. The number of aromatic nitrogens is 2. The van der Waals surface area contributed by atoms with E-state index in [1.807, 2.05) is 0 Å². The first-order valence-electron chi connectivity index (χ1n) is 6.20. The minimum atomic E-state index is -3.40. The first-order valence-corrected chi connectivity index (χ1v) is 7.81. The van der Waals surface area contributed by atoms with Crippen LogP contribution in [-0.4, -0.2) is 41.8 Å². The number of rotatable bonds is 2. The fraction of sp³-hybridized carbons (Fsp3) is 0.333. The number of aromatic amines is 1. The fourth-order valence-corrected chi connectivity index (χ4v) is 4.04. The molecule has 0 atom stereocenters. The molecule has 0 saturated carbocycles. The molecule has 1 saturated heterocycles. The topological polar surface area (TPSA) is 103 Å². The molecule has 0 bridgehead atoms. The summed E-state index contributed by atoms with van der Waals surface area (Å²) in [6.07, 6.45) is 2.81. The lowest BCUT2D eigenvalue weighted by Crippen LogP contribution is -2.38. The molecule has 0 unspecified atom stereocenters. The van der Waals surface area contributed by atoms with Gasteiger partial charge >= 0.3 is 5.97 Å². The normalized spacial score (nSPS) is 18.3. The van der Waals surface area contributed by atoms with E-state index in [1.54, 1.807) is 0 Å². The maximum absolute atomic E-state index is 12.2. The Kier molecular flexibility index (Phi) is 2.89. The van der Waals surface area contributed by atoms with Crippen LogP contribution in [0.1, 0.15) is 23.2 Å². The number of carboxylic acid groups (broad SMARTS) is 1. The van der Waals surface area contributed by atoms with E-state index >= 15 is 0 Å². The molecular weight excluding hydrogens is 282 g/mol. The Morgan fingerprint density at radius 3 is 2.85 bits per heavy atom.